The highest BCUT2D eigenvalue weighted by molar-refractivity contribution is 5.99. The molecule has 7 atom stereocenters. The third-order valence-corrected chi connectivity index (χ3v) is 10.3. The molecule has 3 unspecified atom stereocenters. The van der Waals surface area contributed by atoms with Gasteiger partial charge >= 0.3 is 5.97 Å². The molecule has 1 aromatic rings. The largest absolute Gasteiger partial charge is 0.465 e. The van der Waals surface area contributed by atoms with Crippen molar-refractivity contribution in [1.82, 2.24) is 9.80 Å². The van der Waals surface area contributed by atoms with E-state index in [1.807, 2.05) is 69.0 Å². The number of fused-ring (bicyclic) bond motifs is 1. The summed E-state index contributed by atoms with van der Waals surface area (Å²) >= 11 is 0. The van der Waals surface area contributed by atoms with Crippen LogP contribution in [0.2, 0.25) is 0 Å². The van der Waals surface area contributed by atoms with E-state index in [0.29, 0.717) is 24.8 Å². The average molecular weight is 623 g/mol. The quantitative estimate of drug-likeness (QED) is 0.159. The molecule has 0 aromatic heterocycles. The zero-order chi connectivity index (χ0) is 33.4. The zero-order valence-electron chi connectivity index (χ0n) is 28.4. The molecule has 1 N–H and O–H groups in total. The van der Waals surface area contributed by atoms with E-state index in [-0.39, 0.29) is 42.9 Å². The molecule has 2 amide bonds. The Morgan fingerprint density at radius 2 is 1.82 bits per heavy atom. The second kappa shape index (κ2) is 13.0. The van der Waals surface area contributed by atoms with Crippen molar-refractivity contribution in [2.75, 3.05) is 19.8 Å². The number of hydrogen-bond donors (Lipinski definition) is 1. The summed E-state index contributed by atoms with van der Waals surface area (Å²) in [5.74, 6) is -2.99. The molecule has 45 heavy (non-hydrogen) atoms. The van der Waals surface area contributed by atoms with E-state index in [1.165, 1.54) is 4.90 Å². The van der Waals surface area contributed by atoms with E-state index in [9.17, 15) is 14.7 Å². The Kier molecular flexibility index (Phi) is 10.1. The van der Waals surface area contributed by atoms with Crippen molar-refractivity contribution in [3.8, 4) is 0 Å². The van der Waals surface area contributed by atoms with Crippen LogP contribution in [0.3, 0.4) is 0 Å². The molecule has 3 aliphatic rings. The number of carbonyl (C=O) groups is 3. The number of nitrogens with zero attached hydrogens (tertiary/aromatic N) is 2. The number of unbranched alkanes of at least 4 members (excludes halogenated alkanes) is 2. The Morgan fingerprint density at radius 1 is 1.16 bits per heavy atom. The third-order valence-electron chi connectivity index (χ3n) is 10.3. The fourth-order valence-electron chi connectivity index (χ4n) is 8.64. The Balaban J connectivity index is 1.84. The first-order valence-corrected chi connectivity index (χ1v) is 16.5. The summed E-state index contributed by atoms with van der Waals surface area (Å²) in [5, 5.41) is 10.8. The lowest BCUT2D eigenvalue weighted by Gasteiger charge is -2.46. The summed E-state index contributed by atoms with van der Waals surface area (Å²) in [6.45, 7) is 22.3. The summed E-state index contributed by atoms with van der Waals surface area (Å²) in [6, 6.07) is 7.42. The molecule has 0 aliphatic carbocycles. The Bertz CT molecular complexity index is 1270. The molecule has 3 fully saturated rings. The summed E-state index contributed by atoms with van der Waals surface area (Å²) in [7, 11) is 0. The van der Waals surface area contributed by atoms with Crippen LogP contribution in [0.5, 0.6) is 0 Å². The molecular formula is C37H54N2O6. The highest BCUT2D eigenvalue weighted by Crippen LogP contribution is 2.66. The second-order valence-corrected chi connectivity index (χ2v) is 15.3. The second-order valence-electron chi connectivity index (χ2n) is 15.3. The van der Waals surface area contributed by atoms with Crippen LogP contribution in [0.15, 0.2) is 55.6 Å². The summed E-state index contributed by atoms with van der Waals surface area (Å²) in [5.41, 5.74) is -2.20. The number of aliphatic hydroxyl groups is 1. The maximum absolute atomic E-state index is 15.2. The predicted octanol–water partition coefficient (Wildman–Crippen LogP) is 5.86. The Morgan fingerprint density at radius 3 is 2.40 bits per heavy atom. The lowest BCUT2D eigenvalue weighted by Crippen LogP contribution is -2.61. The number of carbonyl (C=O) groups excluding carboxylic acids is 3. The van der Waals surface area contributed by atoms with Gasteiger partial charge in [-0.3, -0.25) is 14.4 Å². The molecule has 4 rings (SSSR count). The minimum absolute atomic E-state index is 0.0856. The van der Waals surface area contributed by atoms with Crippen molar-refractivity contribution in [1.29, 1.82) is 0 Å². The van der Waals surface area contributed by atoms with Crippen molar-refractivity contribution in [3.63, 3.8) is 0 Å². The van der Waals surface area contributed by atoms with Crippen LogP contribution in [0.1, 0.15) is 92.2 Å². The van der Waals surface area contributed by atoms with E-state index in [4.69, 9.17) is 9.47 Å². The number of amides is 2. The van der Waals surface area contributed by atoms with Gasteiger partial charge in [0.15, 0.2) is 0 Å². The van der Waals surface area contributed by atoms with Gasteiger partial charge in [-0.2, -0.15) is 0 Å². The maximum atomic E-state index is 15.2. The molecule has 3 aliphatic heterocycles. The molecule has 8 heteroatoms. The average Bonchev–Trinajstić information content (AvgIpc) is 3.47. The normalized spacial score (nSPS) is 29.8. The zero-order valence-corrected chi connectivity index (χ0v) is 28.4. The number of allylic oxidation sites excluding steroid dienone is 1. The van der Waals surface area contributed by atoms with Gasteiger partial charge in [0.2, 0.25) is 11.8 Å². The first-order valence-electron chi connectivity index (χ1n) is 16.5. The van der Waals surface area contributed by atoms with E-state index in [2.05, 4.69) is 33.9 Å². The molecule has 3 heterocycles. The minimum Gasteiger partial charge on any atom is -0.465 e. The fourth-order valence-corrected chi connectivity index (χ4v) is 8.64. The van der Waals surface area contributed by atoms with Crippen LogP contribution >= 0.6 is 0 Å². The molecule has 1 aromatic carbocycles. The fraction of sp³-hybridized carbons (Fsp3) is 0.649. The van der Waals surface area contributed by atoms with Gasteiger partial charge in [-0.1, -0.05) is 70.2 Å². The first-order chi connectivity index (χ1) is 21.1. The number of aliphatic hydroxyl groups excluding tert-OH is 1. The highest BCUT2D eigenvalue weighted by atomic mass is 16.6. The SMILES string of the molecule is C=CCCCCOC(=O)[C@H]1[C@H]2C(=O)N([C@H](CO)c3ccccc3)C(C(=O)N(CC=C)C(C)(C)CC(C)(C)C)C23CC(C)[C@]1(C)O3. The third kappa shape index (κ3) is 6.25. The summed E-state index contributed by atoms with van der Waals surface area (Å²) in [4.78, 5) is 47.2. The van der Waals surface area contributed by atoms with E-state index in [0.717, 1.165) is 12.8 Å². The number of benzene rings is 1. The van der Waals surface area contributed by atoms with Crippen LogP contribution in [0.4, 0.5) is 0 Å². The predicted molar refractivity (Wildman–Crippen MR) is 175 cm³/mol. The van der Waals surface area contributed by atoms with E-state index >= 15 is 4.79 Å². The van der Waals surface area contributed by atoms with Crippen LogP contribution in [0, 0.1) is 23.2 Å². The van der Waals surface area contributed by atoms with Gasteiger partial charge in [0, 0.05) is 12.1 Å². The molecule has 3 saturated heterocycles. The van der Waals surface area contributed by atoms with Gasteiger partial charge in [-0.05, 0) is 69.8 Å². The molecular weight excluding hydrogens is 568 g/mol. The van der Waals surface area contributed by atoms with Gasteiger partial charge in [0.1, 0.15) is 17.6 Å². The van der Waals surface area contributed by atoms with Crippen LogP contribution in [-0.4, -0.2) is 75.2 Å². The summed E-state index contributed by atoms with van der Waals surface area (Å²) in [6.07, 6.45) is 7.05. The number of rotatable bonds is 14. The molecule has 248 valence electrons. The van der Waals surface area contributed by atoms with Gasteiger partial charge in [-0.25, -0.2) is 0 Å². The van der Waals surface area contributed by atoms with Crippen LogP contribution in [0.25, 0.3) is 0 Å². The standard InChI is InChI=1S/C37H54N2O6/c1-10-12-13-17-21-44-33(43)29-28-31(41)39(27(23-40)26-18-15-14-16-19-26)30(37(28)22-25(3)36(29,9)45-37)32(42)38(20-11-2)35(7,8)24-34(4,5)6/h10-11,14-16,18-19,25,27-30,40H,1-2,12-13,17,20-24H2,3-9H3/t25?,27-,28+,29-,30?,36+,37?/m1/s1. The monoisotopic (exact) mass is 622 g/mol. The molecule has 1 spiro atoms. The number of hydrogen-bond acceptors (Lipinski definition) is 6. The van der Waals surface area contributed by atoms with Crippen molar-refractivity contribution >= 4 is 17.8 Å². The Hall–Kier alpha value is -2.97. The molecule has 0 radical (unpaired) electrons. The number of ether oxygens (including phenoxy) is 2. The van der Waals surface area contributed by atoms with Crippen molar-refractivity contribution in [2.45, 2.75) is 109 Å². The van der Waals surface area contributed by atoms with Gasteiger partial charge in [0.05, 0.1) is 30.8 Å². The number of esters is 1. The lowest BCUT2D eigenvalue weighted by molar-refractivity contribution is -0.165. The summed E-state index contributed by atoms with van der Waals surface area (Å²) < 4.78 is 12.7. The first kappa shape index (κ1) is 34.9. The maximum Gasteiger partial charge on any atom is 0.312 e. The van der Waals surface area contributed by atoms with Gasteiger partial charge in [0.25, 0.3) is 0 Å². The lowest BCUT2D eigenvalue weighted by atomic mass is 9.62. The van der Waals surface area contributed by atoms with Crippen LogP contribution in [-0.2, 0) is 23.9 Å². The van der Waals surface area contributed by atoms with Crippen molar-refractivity contribution in [3.05, 3.63) is 61.2 Å². The molecule has 8 nitrogen and oxygen atoms in total. The van der Waals surface area contributed by atoms with Crippen molar-refractivity contribution in [2.24, 2.45) is 23.2 Å². The highest BCUT2D eigenvalue weighted by Gasteiger charge is 2.81. The number of likely N-dealkylation sites (tertiary alicyclic amines) is 1. The van der Waals surface area contributed by atoms with Gasteiger partial charge in [-0.15, -0.1) is 13.2 Å². The van der Waals surface area contributed by atoms with Crippen LogP contribution < -0.4 is 0 Å². The Labute approximate surface area is 269 Å². The molecule has 2 bridgehead atoms. The topological polar surface area (TPSA) is 96.4 Å². The van der Waals surface area contributed by atoms with Crippen molar-refractivity contribution < 1.29 is 29.0 Å². The van der Waals surface area contributed by atoms with E-state index < -0.39 is 46.6 Å². The van der Waals surface area contributed by atoms with E-state index in [1.54, 1.807) is 6.08 Å². The van der Waals surface area contributed by atoms with Gasteiger partial charge < -0.3 is 24.4 Å². The molecule has 0 saturated carbocycles. The minimum atomic E-state index is -1.26. The smallest absolute Gasteiger partial charge is 0.312 e.